The summed E-state index contributed by atoms with van der Waals surface area (Å²) in [6.45, 7) is 2.68. The Labute approximate surface area is 128 Å². The van der Waals surface area contributed by atoms with Crippen molar-refractivity contribution in [1.82, 2.24) is 5.32 Å². The molecule has 1 unspecified atom stereocenters. The smallest absolute Gasteiger partial charge is 0.125 e. The molecule has 106 valence electrons. The van der Waals surface area contributed by atoms with Crippen LogP contribution in [-0.2, 0) is 6.54 Å². The quantitative estimate of drug-likeness (QED) is 0.775. The minimum atomic E-state index is -0.300. The van der Waals surface area contributed by atoms with Gasteiger partial charge in [-0.05, 0) is 54.6 Å². The van der Waals surface area contributed by atoms with Gasteiger partial charge >= 0.3 is 0 Å². The first-order valence-corrected chi connectivity index (χ1v) is 8.01. The van der Waals surface area contributed by atoms with Crippen LogP contribution in [-0.4, -0.2) is 6.26 Å². The monoisotopic (exact) mass is 309 g/mol. The van der Waals surface area contributed by atoms with E-state index in [9.17, 15) is 4.39 Å². The largest absolute Gasteiger partial charge is 0.306 e. The minimum absolute atomic E-state index is 0.202. The van der Waals surface area contributed by atoms with E-state index in [2.05, 4.69) is 42.8 Å². The first kappa shape index (κ1) is 15.4. The first-order chi connectivity index (χ1) is 9.58. The van der Waals surface area contributed by atoms with Crippen molar-refractivity contribution >= 4 is 23.4 Å². The summed E-state index contributed by atoms with van der Waals surface area (Å²) in [5.74, 6) is -0.300. The number of benzene rings is 2. The van der Waals surface area contributed by atoms with E-state index in [1.54, 1.807) is 17.8 Å². The van der Waals surface area contributed by atoms with Crippen molar-refractivity contribution in [2.24, 2.45) is 0 Å². The Morgan fingerprint density at radius 2 is 1.90 bits per heavy atom. The van der Waals surface area contributed by atoms with Gasteiger partial charge in [0.25, 0.3) is 0 Å². The molecule has 4 heteroatoms. The molecule has 0 aliphatic carbocycles. The van der Waals surface area contributed by atoms with Gasteiger partial charge in [-0.3, -0.25) is 0 Å². The summed E-state index contributed by atoms with van der Waals surface area (Å²) in [5, 5.41) is 3.80. The summed E-state index contributed by atoms with van der Waals surface area (Å²) in [6, 6.07) is 13.2. The zero-order valence-corrected chi connectivity index (χ0v) is 13.1. The minimum Gasteiger partial charge on any atom is -0.306 e. The third kappa shape index (κ3) is 4.23. The molecule has 0 bridgehead atoms. The Morgan fingerprint density at radius 3 is 2.50 bits per heavy atom. The molecule has 1 N–H and O–H groups in total. The van der Waals surface area contributed by atoms with Crippen molar-refractivity contribution in [2.45, 2.75) is 24.4 Å². The maximum Gasteiger partial charge on any atom is 0.125 e. The van der Waals surface area contributed by atoms with Crippen molar-refractivity contribution in [3.63, 3.8) is 0 Å². The summed E-state index contributed by atoms with van der Waals surface area (Å²) in [6.07, 6.45) is 2.06. The lowest BCUT2D eigenvalue weighted by Gasteiger charge is -2.15. The molecule has 2 aromatic rings. The van der Waals surface area contributed by atoms with Crippen LogP contribution in [0.4, 0.5) is 4.39 Å². The number of rotatable bonds is 5. The van der Waals surface area contributed by atoms with E-state index >= 15 is 0 Å². The lowest BCUT2D eigenvalue weighted by Crippen LogP contribution is -2.18. The number of nitrogens with one attached hydrogen (secondary N) is 1. The Morgan fingerprint density at radius 1 is 1.20 bits per heavy atom. The molecule has 0 saturated heterocycles. The lowest BCUT2D eigenvalue weighted by atomic mass is 10.1. The summed E-state index contributed by atoms with van der Waals surface area (Å²) in [7, 11) is 0. The second kappa shape index (κ2) is 7.11. The Bertz CT molecular complexity index is 551. The summed E-state index contributed by atoms with van der Waals surface area (Å²) >= 11 is 7.57. The maximum atomic E-state index is 13.2. The molecular weight excluding hydrogens is 293 g/mol. The van der Waals surface area contributed by atoms with Crippen LogP contribution < -0.4 is 5.32 Å². The van der Waals surface area contributed by atoms with E-state index < -0.39 is 0 Å². The van der Waals surface area contributed by atoms with Gasteiger partial charge in [0, 0.05) is 22.5 Å². The van der Waals surface area contributed by atoms with Crippen LogP contribution >= 0.6 is 23.4 Å². The summed E-state index contributed by atoms with van der Waals surface area (Å²) < 4.78 is 13.2. The molecule has 0 heterocycles. The Hall–Kier alpha value is -1.03. The zero-order valence-electron chi connectivity index (χ0n) is 11.5. The molecule has 0 aliphatic heterocycles. The maximum absolute atomic E-state index is 13.2. The Balaban J connectivity index is 1.98. The molecule has 1 atom stereocenters. The van der Waals surface area contributed by atoms with Crippen LogP contribution in [0.2, 0.25) is 5.02 Å². The highest BCUT2D eigenvalue weighted by Gasteiger charge is 2.06. The van der Waals surface area contributed by atoms with Crippen LogP contribution in [0.5, 0.6) is 0 Å². The fourth-order valence-corrected chi connectivity index (χ4v) is 2.65. The molecule has 0 spiro atoms. The van der Waals surface area contributed by atoms with Gasteiger partial charge in [0.15, 0.2) is 0 Å². The van der Waals surface area contributed by atoms with E-state index in [0.717, 1.165) is 5.56 Å². The number of hydrogen-bond acceptors (Lipinski definition) is 2. The van der Waals surface area contributed by atoms with Gasteiger partial charge in [-0.2, -0.15) is 0 Å². The predicted octanol–water partition coefficient (Wildman–Crippen LogP) is 5.05. The van der Waals surface area contributed by atoms with Gasteiger partial charge in [-0.1, -0.05) is 23.7 Å². The van der Waals surface area contributed by atoms with E-state index in [0.29, 0.717) is 11.6 Å². The highest BCUT2D eigenvalue weighted by Crippen LogP contribution is 2.20. The average molecular weight is 310 g/mol. The normalized spacial score (nSPS) is 12.4. The van der Waals surface area contributed by atoms with E-state index in [1.165, 1.54) is 22.6 Å². The summed E-state index contributed by atoms with van der Waals surface area (Å²) in [5.41, 5.74) is 2.06. The molecule has 0 saturated carbocycles. The Kier molecular flexibility index (Phi) is 5.46. The van der Waals surface area contributed by atoms with E-state index in [4.69, 9.17) is 11.6 Å². The first-order valence-electron chi connectivity index (χ1n) is 6.41. The fourth-order valence-electron chi connectivity index (χ4n) is 1.99. The van der Waals surface area contributed by atoms with Crippen LogP contribution in [0.25, 0.3) is 0 Å². The van der Waals surface area contributed by atoms with Crippen LogP contribution in [0.1, 0.15) is 24.1 Å². The molecule has 1 nitrogen and oxygen atoms in total. The molecule has 0 radical (unpaired) electrons. The molecule has 2 rings (SSSR count). The molecule has 0 fully saturated rings. The van der Waals surface area contributed by atoms with Crippen molar-refractivity contribution < 1.29 is 4.39 Å². The standard InChI is InChI=1S/C16H17ClFNS/c1-11(13-3-5-16(20-2)6-4-13)19-10-12-7-14(17)9-15(18)8-12/h3-9,11,19H,10H2,1-2H3. The number of hydrogen-bond donors (Lipinski definition) is 1. The van der Waals surface area contributed by atoms with Crippen molar-refractivity contribution in [2.75, 3.05) is 6.26 Å². The fraction of sp³-hybridized carbons (Fsp3) is 0.250. The van der Waals surface area contributed by atoms with E-state index in [1.807, 2.05) is 0 Å². The third-order valence-electron chi connectivity index (χ3n) is 3.15. The van der Waals surface area contributed by atoms with Gasteiger partial charge in [0.05, 0.1) is 0 Å². The van der Waals surface area contributed by atoms with Gasteiger partial charge in [-0.25, -0.2) is 4.39 Å². The van der Waals surface area contributed by atoms with Crippen molar-refractivity contribution in [3.8, 4) is 0 Å². The third-order valence-corrected chi connectivity index (χ3v) is 4.11. The molecule has 0 aliphatic rings. The number of halogens is 2. The highest BCUT2D eigenvalue weighted by atomic mass is 35.5. The average Bonchev–Trinajstić information content (AvgIpc) is 2.44. The van der Waals surface area contributed by atoms with Gasteiger partial charge in [0.2, 0.25) is 0 Å². The SMILES string of the molecule is CSc1ccc(C(C)NCc2cc(F)cc(Cl)c2)cc1. The van der Waals surface area contributed by atoms with Gasteiger partial charge in [-0.15, -0.1) is 11.8 Å². The molecule has 2 aromatic carbocycles. The second-order valence-electron chi connectivity index (χ2n) is 4.65. The van der Waals surface area contributed by atoms with Gasteiger partial charge < -0.3 is 5.32 Å². The van der Waals surface area contributed by atoms with Crippen molar-refractivity contribution in [1.29, 1.82) is 0 Å². The van der Waals surface area contributed by atoms with Crippen molar-refractivity contribution in [3.05, 3.63) is 64.4 Å². The number of thioether (sulfide) groups is 1. The predicted molar refractivity (Wildman–Crippen MR) is 84.9 cm³/mol. The lowest BCUT2D eigenvalue weighted by molar-refractivity contribution is 0.569. The zero-order chi connectivity index (χ0) is 14.5. The van der Waals surface area contributed by atoms with Gasteiger partial charge in [0.1, 0.15) is 5.82 Å². The summed E-state index contributed by atoms with van der Waals surface area (Å²) in [4.78, 5) is 1.25. The second-order valence-corrected chi connectivity index (χ2v) is 5.97. The molecule has 0 aromatic heterocycles. The molecule has 0 amide bonds. The van der Waals surface area contributed by atoms with Crippen LogP contribution in [0.15, 0.2) is 47.4 Å². The molecule has 20 heavy (non-hydrogen) atoms. The van der Waals surface area contributed by atoms with E-state index in [-0.39, 0.29) is 11.9 Å². The van der Waals surface area contributed by atoms with Crippen LogP contribution in [0, 0.1) is 5.82 Å². The molecular formula is C16H17ClFNS. The highest BCUT2D eigenvalue weighted by molar-refractivity contribution is 7.98. The topological polar surface area (TPSA) is 12.0 Å². The van der Waals surface area contributed by atoms with Crippen LogP contribution in [0.3, 0.4) is 0 Å².